The van der Waals surface area contributed by atoms with Gasteiger partial charge in [0.1, 0.15) is 0 Å². The number of halogens is 2. The van der Waals surface area contributed by atoms with E-state index in [9.17, 15) is 9.59 Å². The first-order valence-electron chi connectivity index (χ1n) is 8.71. The molecule has 0 radical (unpaired) electrons. The lowest BCUT2D eigenvalue weighted by Gasteiger charge is -2.10. The van der Waals surface area contributed by atoms with Crippen molar-refractivity contribution in [1.82, 2.24) is 5.43 Å². The normalized spacial score (nSPS) is 10.6. The van der Waals surface area contributed by atoms with Crippen LogP contribution in [0.5, 0.6) is 11.5 Å². The number of benzene rings is 3. The Bertz CT molecular complexity index is 1120. The molecule has 0 aliphatic heterocycles. The molecule has 0 saturated heterocycles. The molecule has 1 amide bonds. The topological polar surface area (TPSA) is 77.0 Å². The number of esters is 1. The number of hydrazone groups is 1. The van der Waals surface area contributed by atoms with Gasteiger partial charge in [-0.05, 0) is 54.1 Å². The number of amides is 1. The lowest BCUT2D eigenvalue weighted by molar-refractivity contribution is 0.0729. The van der Waals surface area contributed by atoms with Crippen molar-refractivity contribution in [3.8, 4) is 11.5 Å². The SMILES string of the molecule is COc1cc(/C=N\NC(=O)c2cccc(Cl)c2)ccc1OC(=O)c1ccccc1Cl. The maximum absolute atomic E-state index is 12.3. The molecule has 0 unspecified atom stereocenters. The third-order valence-corrected chi connectivity index (χ3v) is 4.52. The molecule has 6 nitrogen and oxygen atoms in total. The van der Waals surface area contributed by atoms with E-state index in [-0.39, 0.29) is 11.3 Å². The third kappa shape index (κ3) is 5.37. The number of carbonyl (C=O) groups is 2. The highest BCUT2D eigenvalue weighted by Gasteiger charge is 2.15. The number of ether oxygens (including phenoxy) is 2. The van der Waals surface area contributed by atoms with Crippen LogP contribution in [0, 0.1) is 0 Å². The zero-order valence-corrected chi connectivity index (χ0v) is 17.3. The van der Waals surface area contributed by atoms with E-state index < -0.39 is 11.9 Å². The number of hydrogen-bond acceptors (Lipinski definition) is 5. The lowest BCUT2D eigenvalue weighted by Crippen LogP contribution is -2.17. The van der Waals surface area contributed by atoms with Gasteiger partial charge < -0.3 is 9.47 Å². The molecule has 0 saturated carbocycles. The standard InChI is InChI=1S/C22H16Cl2N2O4/c1-29-20-11-14(13-25-26-21(27)15-5-4-6-16(23)12-15)9-10-19(20)30-22(28)17-7-2-3-8-18(17)24/h2-13H,1H3,(H,26,27)/b25-13-. The van der Waals surface area contributed by atoms with E-state index in [1.54, 1.807) is 60.7 Å². The summed E-state index contributed by atoms with van der Waals surface area (Å²) >= 11 is 11.9. The van der Waals surface area contributed by atoms with Crippen LogP contribution in [0.15, 0.2) is 71.8 Å². The molecule has 3 aromatic carbocycles. The third-order valence-electron chi connectivity index (χ3n) is 3.95. The first-order valence-corrected chi connectivity index (χ1v) is 9.47. The van der Waals surface area contributed by atoms with Crippen LogP contribution >= 0.6 is 23.2 Å². The number of methoxy groups -OCH3 is 1. The first kappa shape index (κ1) is 21.4. The fraction of sp³-hybridized carbons (Fsp3) is 0.0455. The van der Waals surface area contributed by atoms with Gasteiger partial charge in [0.15, 0.2) is 11.5 Å². The quantitative estimate of drug-likeness (QED) is 0.252. The van der Waals surface area contributed by atoms with Crippen LogP contribution in [0.1, 0.15) is 26.3 Å². The van der Waals surface area contributed by atoms with Gasteiger partial charge in [0.05, 0.1) is 23.9 Å². The Kier molecular flexibility index (Phi) is 7.06. The summed E-state index contributed by atoms with van der Waals surface area (Å²) in [6.07, 6.45) is 1.44. The minimum Gasteiger partial charge on any atom is -0.493 e. The van der Waals surface area contributed by atoms with Gasteiger partial charge in [-0.15, -0.1) is 0 Å². The summed E-state index contributed by atoms with van der Waals surface area (Å²) in [4.78, 5) is 24.4. The molecule has 0 aromatic heterocycles. The number of nitrogens with zero attached hydrogens (tertiary/aromatic N) is 1. The summed E-state index contributed by atoms with van der Waals surface area (Å²) in [5.74, 6) is -0.455. The lowest BCUT2D eigenvalue weighted by atomic mass is 10.2. The number of carbonyl (C=O) groups excluding carboxylic acids is 2. The first-order chi connectivity index (χ1) is 14.5. The summed E-state index contributed by atoms with van der Waals surface area (Å²) < 4.78 is 10.7. The number of rotatable bonds is 6. The molecule has 8 heteroatoms. The predicted octanol–water partition coefficient (Wildman–Crippen LogP) is 4.99. The van der Waals surface area contributed by atoms with Crippen LogP contribution in [0.4, 0.5) is 0 Å². The van der Waals surface area contributed by atoms with Crippen LogP contribution in [0.25, 0.3) is 0 Å². The molecular weight excluding hydrogens is 427 g/mol. The largest absolute Gasteiger partial charge is 0.493 e. The van der Waals surface area contributed by atoms with Crippen molar-refractivity contribution in [3.63, 3.8) is 0 Å². The van der Waals surface area contributed by atoms with E-state index in [2.05, 4.69) is 10.5 Å². The van der Waals surface area contributed by atoms with Crippen molar-refractivity contribution in [1.29, 1.82) is 0 Å². The second kappa shape index (κ2) is 9.91. The summed E-state index contributed by atoms with van der Waals surface area (Å²) in [7, 11) is 1.45. The fourth-order valence-electron chi connectivity index (χ4n) is 2.49. The van der Waals surface area contributed by atoms with Gasteiger partial charge in [-0.1, -0.05) is 41.4 Å². The van der Waals surface area contributed by atoms with Crippen molar-refractivity contribution in [2.75, 3.05) is 7.11 Å². The molecule has 3 aromatic rings. The molecule has 0 heterocycles. The number of hydrogen-bond donors (Lipinski definition) is 1. The van der Waals surface area contributed by atoms with Crippen LogP contribution in [-0.2, 0) is 0 Å². The molecule has 30 heavy (non-hydrogen) atoms. The average Bonchev–Trinajstić information content (AvgIpc) is 2.74. The maximum Gasteiger partial charge on any atom is 0.345 e. The van der Waals surface area contributed by atoms with E-state index in [1.807, 2.05) is 0 Å². The Morgan fingerprint density at radius 3 is 2.50 bits per heavy atom. The van der Waals surface area contributed by atoms with Crippen LogP contribution in [0.2, 0.25) is 10.0 Å². The molecule has 1 N–H and O–H groups in total. The highest BCUT2D eigenvalue weighted by Crippen LogP contribution is 2.29. The van der Waals surface area contributed by atoms with Crippen LogP contribution in [0.3, 0.4) is 0 Å². The molecule has 3 rings (SSSR count). The van der Waals surface area contributed by atoms with Crippen molar-refractivity contribution in [2.24, 2.45) is 5.10 Å². The monoisotopic (exact) mass is 442 g/mol. The molecule has 0 aliphatic carbocycles. The van der Waals surface area contributed by atoms with Gasteiger partial charge in [0.2, 0.25) is 0 Å². The molecule has 0 aliphatic rings. The van der Waals surface area contributed by atoms with Crippen molar-refractivity contribution in [3.05, 3.63) is 93.5 Å². The van der Waals surface area contributed by atoms with Gasteiger partial charge in [-0.2, -0.15) is 5.10 Å². The smallest absolute Gasteiger partial charge is 0.345 e. The highest BCUT2D eigenvalue weighted by molar-refractivity contribution is 6.33. The second-order valence-electron chi connectivity index (χ2n) is 5.99. The van der Waals surface area contributed by atoms with Crippen molar-refractivity contribution < 1.29 is 19.1 Å². The molecule has 0 spiro atoms. The van der Waals surface area contributed by atoms with Gasteiger partial charge >= 0.3 is 5.97 Å². The van der Waals surface area contributed by atoms with Crippen molar-refractivity contribution in [2.45, 2.75) is 0 Å². The molecular formula is C22H16Cl2N2O4. The fourth-order valence-corrected chi connectivity index (χ4v) is 2.89. The zero-order valence-electron chi connectivity index (χ0n) is 15.8. The Morgan fingerprint density at radius 1 is 0.967 bits per heavy atom. The highest BCUT2D eigenvalue weighted by atomic mass is 35.5. The number of nitrogens with one attached hydrogen (secondary N) is 1. The molecule has 152 valence electrons. The minimum absolute atomic E-state index is 0.225. The zero-order chi connectivity index (χ0) is 21.5. The summed E-state index contributed by atoms with van der Waals surface area (Å²) in [5, 5.41) is 4.67. The second-order valence-corrected chi connectivity index (χ2v) is 6.83. The predicted molar refractivity (Wildman–Crippen MR) is 116 cm³/mol. The van der Waals surface area contributed by atoms with Crippen molar-refractivity contribution >= 4 is 41.3 Å². The Labute approximate surface area is 183 Å². The maximum atomic E-state index is 12.3. The Balaban J connectivity index is 1.69. The molecule has 0 fully saturated rings. The summed E-state index contributed by atoms with van der Waals surface area (Å²) in [6.45, 7) is 0. The van der Waals surface area contributed by atoms with Gasteiger partial charge in [-0.3, -0.25) is 4.79 Å². The van der Waals surface area contributed by atoms with E-state index in [0.717, 1.165) is 0 Å². The van der Waals surface area contributed by atoms with Gasteiger partial charge in [-0.25, -0.2) is 10.2 Å². The van der Waals surface area contributed by atoms with Crippen LogP contribution in [-0.4, -0.2) is 25.2 Å². The van der Waals surface area contributed by atoms with E-state index in [0.29, 0.717) is 26.9 Å². The Hall–Kier alpha value is -3.35. The van der Waals surface area contributed by atoms with E-state index in [1.165, 1.54) is 19.4 Å². The van der Waals surface area contributed by atoms with E-state index >= 15 is 0 Å². The molecule has 0 bridgehead atoms. The average molecular weight is 443 g/mol. The molecule has 0 atom stereocenters. The summed E-state index contributed by atoms with van der Waals surface area (Å²) in [6, 6.07) is 17.9. The summed E-state index contributed by atoms with van der Waals surface area (Å²) in [5.41, 5.74) is 3.67. The van der Waals surface area contributed by atoms with E-state index in [4.69, 9.17) is 32.7 Å². The van der Waals surface area contributed by atoms with Gasteiger partial charge in [0.25, 0.3) is 5.91 Å². The minimum atomic E-state index is -0.603. The Morgan fingerprint density at radius 2 is 1.77 bits per heavy atom. The van der Waals surface area contributed by atoms with Gasteiger partial charge in [0, 0.05) is 10.6 Å². The van der Waals surface area contributed by atoms with Crippen LogP contribution < -0.4 is 14.9 Å².